The van der Waals surface area contributed by atoms with Crippen molar-refractivity contribution in [1.82, 2.24) is 0 Å². The van der Waals surface area contributed by atoms with Gasteiger partial charge in [0.25, 0.3) is 0 Å². The lowest BCUT2D eigenvalue weighted by molar-refractivity contribution is -0.400. The lowest BCUT2D eigenvalue weighted by Gasteiger charge is -2.20. The van der Waals surface area contributed by atoms with Gasteiger partial charge < -0.3 is 9.11 Å². The summed E-state index contributed by atoms with van der Waals surface area (Å²) in [7, 11) is 1.07. The summed E-state index contributed by atoms with van der Waals surface area (Å²) in [4.78, 5) is 0. The van der Waals surface area contributed by atoms with Crippen LogP contribution in [0, 0.1) is 0 Å². The molecule has 2 aliphatic rings. The lowest BCUT2D eigenvalue weighted by atomic mass is 9.82. The van der Waals surface area contributed by atoms with Crippen molar-refractivity contribution < 1.29 is 43.5 Å². The second kappa shape index (κ2) is 16.3. The van der Waals surface area contributed by atoms with Crippen molar-refractivity contribution in [3.63, 3.8) is 0 Å². The summed E-state index contributed by atoms with van der Waals surface area (Å²) in [6.45, 7) is 9.05. The first-order valence-corrected chi connectivity index (χ1v) is 19.3. The Morgan fingerprint density at radius 1 is 0.593 bits per heavy atom. The number of hydrazone groups is 2. The third-order valence-corrected chi connectivity index (χ3v) is 10.4. The van der Waals surface area contributed by atoms with E-state index in [2.05, 4.69) is 144 Å². The molecular formula is C38H46N6O8S2. The maximum Gasteiger partial charge on any atom is 0.217 e. The predicted octanol–water partition coefficient (Wildman–Crippen LogP) is 5.28. The topological polar surface area (TPSA) is 170 Å². The van der Waals surface area contributed by atoms with Crippen molar-refractivity contribution in [1.29, 1.82) is 0 Å². The van der Waals surface area contributed by atoms with Gasteiger partial charge in [0.05, 0.1) is 36.4 Å². The van der Waals surface area contributed by atoms with E-state index < -0.39 is 20.8 Å². The minimum absolute atomic E-state index is 0.121. The fourth-order valence-electron chi connectivity index (χ4n) is 6.71. The van der Waals surface area contributed by atoms with Crippen molar-refractivity contribution in [2.45, 2.75) is 38.5 Å². The molecule has 0 bridgehead atoms. The van der Waals surface area contributed by atoms with Crippen molar-refractivity contribution in [2.24, 2.45) is 10.2 Å². The van der Waals surface area contributed by atoms with Crippen LogP contribution in [0.4, 0.5) is 22.7 Å². The van der Waals surface area contributed by atoms with E-state index >= 15 is 0 Å². The second-order valence-electron chi connectivity index (χ2n) is 13.5. The number of rotatable bonds is 8. The quantitative estimate of drug-likeness (QED) is 0.0754. The minimum Gasteiger partial charge on any atom is -0.726 e. The first-order valence-electron chi connectivity index (χ1n) is 16.7. The average molecular weight is 779 g/mol. The van der Waals surface area contributed by atoms with Crippen molar-refractivity contribution in [2.75, 3.05) is 52.4 Å². The molecule has 4 aromatic carbocycles. The van der Waals surface area contributed by atoms with E-state index in [0.717, 1.165) is 36.4 Å². The highest BCUT2D eigenvalue weighted by Crippen LogP contribution is 2.40. The monoisotopic (exact) mass is 778 g/mol. The molecule has 2 aliphatic heterocycles. The molecule has 16 heteroatoms. The van der Waals surface area contributed by atoms with E-state index in [1.54, 1.807) is 0 Å². The molecule has 0 aromatic heterocycles. The molecule has 6 rings (SSSR count). The summed E-state index contributed by atoms with van der Waals surface area (Å²) in [5.74, 6) is 0. The first-order chi connectivity index (χ1) is 25.2. The van der Waals surface area contributed by atoms with Crippen LogP contribution in [0.2, 0.25) is 0 Å². The highest BCUT2D eigenvalue weighted by atomic mass is 32.3. The Kier molecular flexibility index (Phi) is 12.6. The number of hydrogen-bond donors (Lipinski definition) is 0. The van der Waals surface area contributed by atoms with Gasteiger partial charge in [-0.3, -0.25) is 18.4 Å². The zero-order valence-electron chi connectivity index (χ0n) is 32.0. The molecule has 54 heavy (non-hydrogen) atoms. The summed E-state index contributed by atoms with van der Waals surface area (Å²) in [5.41, 5.74) is 9.30. The molecule has 14 nitrogen and oxygen atoms in total. The Bertz CT molecular complexity index is 2220. The van der Waals surface area contributed by atoms with Gasteiger partial charge in [0.1, 0.15) is 26.5 Å². The van der Waals surface area contributed by atoms with Gasteiger partial charge in [0.2, 0.25) is 43.6 Å². The fraction of sp³-hybridized carbons (Fsp3) is 0.316. The molecule has 0 atom stereocenters. The molecule has 0 spiro atoms. The van der Waals surface area contributed by atoms with E-state index in [4.69, 9.17) is 10.2 Å². The predicted molar refractivity (Wildman–Crippen MR) is 212 cm³/mol. The van der Waals surface area contributed by atoms with Crippen LogP contribution >= 0.6 is 0 Å². The summed E-state index contributed by atoms with van der Waals surface area (Å²) in [6.07, 6.45) is 4.02. The summed E-state index contributed by atoms with van der Waals surface area (Å²) >= 11 is 0. The summed E-state index contributed by atoms with van der Waals surface area (Å²) < 4.78 is 66.5. The zero-order chi connectivity index (χ0) is 40.2. The van der Waals surface area contributed by atoms with Gasteiger partial charge in [-0.1, -0.05) is 60.7 Å². The fourth-order valence-corrected chi connectivity index (χ4v) is 6.71. The number of fused-ring (bicyclic) bond motifs is 3. The smallest absolute Gasteiger partial charge is 0.217 e. The Morgan fingerprint density at radius 3 is 1.20 bits per heavy atom. The molecule has 0 radical (unpaired) electrons. The standard InChI is InChI=1S/C36H40N6.2CH4O4S/c1-35(2)27-17-9-11-19-31(27)39(5)33(35)23-37-41(7)29-21-13-16-26-25(29)15-14-22-30(26)42(8)38-24-34-36(3,4)28-18-10-12-20-32(28)40(34)6;2*1-5-6(2,3)4/h9-24H,1-8H3;2*1H3,(H,2,3,4)/q+2;;/p-2. The molecule has 0 fully saturated rings. The number of benzene rings is 4. The third-order valence-electron chi connectivity index (χ3n) is 9.57. The van der Waals surface area contributed by atoms with Crippen LogP contribution in [-0.4, -0.2) is 101 Å². The molecule has 288 valence electrons. The van der Waals surface area contributed by atoms with Crippen LogP contribution in [0.15, 0.2) is 95.1 Å². The minimum atomic E-state index is -4.41. The number of anilines is 2. The lowest BCUT2D eigenvalue weighted by Crippen LogP contribution is -2.30. The van der Waals surface area contributed by atoms with Crippen LogP contribution in [0.3, 0.4) is 0 Å². The number of hydrogen-bond acceptors (Lipinski definition) is 12. The Labute approximate surface area is 317 Å². The van der Waals surface area contributed by atoms with E-state index in [0.29, 0.717) is 0 Å². The Hall–Kier alpha value is -4.84. The SMILES string of the molecule is CN(/N=C/C1=[N+](C)c2ccccc2C1(C)C)c1cccc2c(N(C)/N=C/C3=[N+](C)c4ccccc4C3(C)C)cccc12.COS(=O)(=O)[O-].COS(=O)(=O)[O-]. The molecule has 0 unspecified atom stereocenters. The van der Waals surface area contributed by atoms with Gasteiger partial charge in [-0.05, 0) is 39.8 Å². The highest BCUT2D eigenvalue weighted by Gasteiger charge is 2.44. The molecule has 0 N–H and O–H groups in total. The van der Waals surface area contributed by atoms with E-state index in [-0.39, 0.29) is 10.8 Å². The molecule has 0 amide bonds. The maximum atomic E-state index is 9.22. The van der Waals surface area contributed by atoms with Crippen molar-refractivity contribution in [3.05, 3.63) is 96.1 Å². The molecule has 0 saturated carbocycles. The molecule has 0 aliphatic carbocycles. The molecule has 4 aromatic rings. The largest absolute Gasteiger partial charge is 0.726 e. The first kappa shape index (κ1) is 41.9. The highest BCUT2D eigenvalue weighted by molar-refractivity contribution is 7.81. The summed E-state index contributed by atoms with van der Waals surface area (Å²) in [6, 6.07) is 29.9. The number of para-hydroxylation sites is 2. The van der Waals surface area contributed by atoms with Crippen LogP contribution in [0.25, 0.3) is 10.8 Å². The van der Waals surface area contributed by atoms with Gasteiger partial charge in [-0.15, -0.1) is 0 Å². The van der Waals surface area contributed by atoms with Gasteiger partial charge in [-0.2, -0.15) is 19.4 Å². The second-order valence-corrected chi connectivity index (χ2v) is 15.8. The van der Waals surface area contributed by atoms with Gasteiger partial charge in [-0.25, -0.2) is 16.8 Å². The van der Waals surface area contributed by atoms with Gasteiger partial charge >= 0.3 is 0 Å². The van der Waals surface area contributed by atoms with Crippen LogP contribution in [-0.2, 0) is 40.0 Å². The molecule has 2 heterocycles. The molecule has 0 saturated heterocycles. The van der Waals surface area contributed by atoms with E-state index in [9.17, 15) is 25.9 Å². The maximum absolute atomic E-state index is 9.22. The molecular weight excluding hydrogens is 733 g/mol. The Morgan fingerprint density at radius 2 is 0.907 bits per heavy atom. The van der Waals surface area contributed by atoms with Crippen LogP contribution in [0.5, 0.6) is 0 Å². The van der Waals surface area contributed by atoms with Crippen LogP contribution in [0.1, 0.15) is 38.8 Å². The van der Waals surface area contributed by atoms with Crippen LogP contribution < -0.4 is 10.0 Å². The van der Waals surface area contributed by atoms with Gasteiger partial charge in [0, 0.05) is 48.1 Å². The Balaban J connectivity index is 0.000000470. The van der Waals surface area contributed by atoms with Gasteiger partial charge in [0.15, 0.2) is 0 Å². The van der Waals surface area contributed by atoms with Crippen molar-refractivity contribution in [3.8, 4) is 0 Å². The third kappa shape index (κ3) is 9.09. The number of nitrogens with zero attached hydrogens (tertiary/aromatic N) is 6. The van der Waals surface area contributed by atoms with Crippen molar-refractivity contribution >= 4 is 78.2 Å². The van der Waals surface area contributed by atoms with E-state index in [1.165, 1.54) is 33.9 Å². The normalized spacial score (nSPS) is 15.9. The van der Waals surface area contributed by atoms with E-state index in [1.807, 2.05) is 36.5 Å². The summed E-state index contributed by atoms with van der Waals surface area (Å²) in [5, 5.41) is 16.1. The zero-order valence-corrected chi connectivity index (χ0v) is 33.6. The average Bonchev–Trinajstić information content (AvgIpc) is 3.45.